The Labute approximate surface area is 127 Å². The van der Waals surface area contributed by atoms with Crippen LogP contribution in [0, 0.1) is 27.3 Å². The molecule has 0 atom stereocenters. The van der Waals surface area contributed by atoms with Crippen molar-refractivity contribution < 1.29 is 14.1 Å². The van der Waals surface area contributed by atoms with Gasteiger partial charge in [0.25, 0.3) is 0 Å². The van der Waals surface area contributed by atoms with E-state index in [1.54, 1.807) is 24.3 Å². The minimum Gasteiger partial charge on any atom is -0.482 e. The highest BCUT2D eigenvalue weighted by molar-refractivity contribution is 9.10. The van der Waals surface area contributed by atoms with Crippen molar-refractivity contribution in [3.8, 4) is 11.8 Å². The van der Waals surface area contributed by atoms with Crippen LogP contribution in [0.2, 0.25) is 0 Å². The number of nitriles is 1. The summed E-state index contributed by atoms with van der Waals surface area (Å²) < 4.78 is 18.8. The van der Waals surface area contributed by atoms with E-state index in [9.17, 15) is 14.5 Å². The second-order valence-electron chi connectivity index (χ2n) is 4.09. The summed E-state index contributed by atoms with van der Waals surface area (Å²) in [6.07, 6.45) is 0. The van der Waals surface area contributed by atoms with Crippen LogP contribution in [0.25, 0.3) is 0 Å². The van der Waals surface area contributed by atoms with Gasteiger partial charge in [-0.1, -0.05) is 12.1 Å². The van der Waals surface area contributed by atoms with Gasteiger partial charge in [-0.05, 0) is 33.6 Å². The summed E-state index contributed by atoms with van der Waals surface area (Å²) in [4.78, 5) is 10.3. The molecule has 0 amide bonds. The molecule has 0 saturated carbocycles. The molecule has 0 aliphatic heterocycles. The Morgan fingerprint density at radius 3 is 2.81 bits per heavy atom. The molecule has 0 aliphatic carbocycles. The first-order valence-electron chi connectivity index (χ1n) is 5.76. The fourth-order valence-corrected chi connectivity index (χ4v) is 2.00. The maximum atomic E-state index is 13.5. The monoisotopic (exact) mass is 350 g/mol. The first kappa shape index (κ1) is 14.9. The van der Waals surface area contributed by atoms with E-state index in [4.69, 9.17) is 10.00 Å². The second-order valence-corrected chi connectivity index (χ2v) is 4.95. The lowest BCUT2D eigenvalue weighted by atomic mass is 10.1. The molecule has 0 bridgehead atoms. The van der Waals surface area contributed by atoms with Crippen LogP contribution in [0.5, 0.6) is 5.75 Å². The lowest BCUT2D eigenvalue weighted by Gasteiger charge is -2.08. The van der Waals surface area contributed by atoms with E-state index in [1.165, 1.54) is 0 Å². The van der Waals surface area contributed by atoms with Crippen molar-refractivity contribution in [1.82, 2.24) is 0 Å². The van der Waals surface area contributed by atoms with Gasteiger partial charge in [-0.3, -0.25) is 10.1 Å². The van der Waals surface area contributed by atoms with Gasteiger partial charge < -0.3 is 4.74 Å². The molecular formula is C14H8BrFN2O3. The average molecular weight is 351 g/mol. The molecule has 106 valence electrons. The molecule has 7 heteroatoms. The summed E-state index contributed by atoms with van der Waals surface area (Å²) in [6.45, 7) is -0.00255. The van der Waals surface area contributed by atoms with E-state index in [2.05, 4.69) is 15.9 Å². The predicted molar refractivity (Wildman–Crippen MR) is 76.2 cm³/mol. The number of rotatable bonds is 4. The molecule has 2 aromatic rings. The molecule has 2 rings (SSSR count). The quantitative estimate of drug-likeness (QED) is 0.617. The van der Waals surface area contributed by atoms with Crippen LogP contribution in [0.4, 0.5) is 10.1 Å². The van der Waals surface area contributed by atoms with E-state index in [-0.39, 0.29) is 22.5 Å². The van der Waals surface area contributed by atoms with E-state index in [1.807, 2.05) is 6.07 Å². The molecular weight excluding hydrogens is 343 g/mol. The van der Waals surface area contributed by atoms with Gasteiger partial charge in [0.1, 0.15) is 12.4 Å². The third-order valence-corrected chi connectivity index (χ3v) is 3.26. The van der Waals surface area contributed by atoms with Gasteiger partial charge in [0.15, 0.2) is 5.75 Å². The molecule has 0 heterocycles. The van der Waals surface area contributed by atoms with Crippen LogP contribution in [-0.4, -0.2) is 4.92 Å². The molecule has 0 N–H and O–H groups in total. The Morgan fingerprint density at radius 2 is 2.14 bits per heavy atom. The lowest BCUT2D eigenvalue weighted by Crippen LogP contribution is -2.00. The predicted octanol–water partition coefficient (Wildman–Crippen LogP) is 3.95. The Morgan fingerprint density at radius 1 is 1.38 bits per heavy atom. The standard InChI is InChI=1S/C14H8BrFN2O3/c15-11-5-13(18(19)20)14(6-12(11)16)21-8-10-3-1-2-9(4-10)7-17/h1-6H,8H2. The number of hydrogen-bond donors (Lipinski definition) is 0. The number of nitro benzene ring substituents is 1. The Bertz CT molecular complexity index is 743. The number of hydrogen-bond acceptors (Lipinski definition) is 4. The first-order chi connectivity index (χ1) is 10.0. The van der Waals surface area contributed by atoms with Crippen LogP contribution in [0.1, 0.15) is 11.1 Å². The maximum Gasteiger partial charge on any atom is 0.312 e. The van der Waals surface area contributed by atoms with Gasteiger partial charge in [-0.25, -0.2) is 4.39 Å². The van der Waals surface area contributed by atoms with Crippen LogP contribution < -0.4 is 4.74 Å². The van der Waals surface area contributed by atoms with Crippen LogP contribution in [0.15, 0.2) is 40.9 Å². The van der Waals surface area contributed by atoms with Gasteiger partial charge in [0, 0.05) is 12.1 Å². The normalized spacial score (nSPS) is 9.95. The zero-order valence-corrected chi connectivity index (χ0v) is 12.1. The highest BCUT2D eigenvalue weighted by atomic mass is 79.9. The lowest BCUT2D eigenvalue weighted by molar-refractivity contribution is -0.386. The van der Waals surface area contributed by atoms with Gasteiger partial charge in [-0.2, -0.15) is 5.26 Å². The molecule has 0 aliphatic rings. The number of benzene rings is 2. The zero-order chi connectivity index (χ0) is 15.4. The number of halogens is 2. The number of nitrogens with zero attached hydrogens (tertiary/aromatic N) is 2. The average Bonchev–Trinajstić information content (AvgIpc) is 2.48. The van der Waals surface area contributed by atoms with Gasteiger partial charge in [-0.15, -0.1) is 0 Å². The third-order valence-electron chi connectivity index (χ3n) is 2.65. The van der Waals surface area contributed by atoms with E-state index < -0.39 is 10.7 Å². The first-order valence-corrected chi connectivity index (χ1v) is 6.56. The zero-order valence-electron chi connectivity index (χ0n) is 10.5. The maximum absolute atomic E-state index is 13.5. The number of ether oxygens (including phenoxy) is 1. The van der Waals surface area contributed by atoms with Crippen molar-refractivity contribution >= 4 is 21.6 Å². The Balaban J connectivity index is 2.25. The van der Waals surface area contributed by atoms with Crippen molar-refractivity contribution in [1.29, 1.82) is 5.26 Å². The molecule has 5 nitrogen and oxygen atoms in total. The minimum absolute atomic E-state index is 0.00255. The van der Waals surface area contributed by atoms with Gasteiger partial charge in [0.05, 0.1) is 21.0 Å². The van der Waals surface area contributed by atoms with Crippen molar-refractivity contribution in [2.24, 2.45) is 0 Å². The summed E-state index contributed by atoms with van der Waals surface area (Å²) in [7, 11) is 0. The summed E-state index contributed by atoms with van der Waals surface area (Å²) in [5, 5.41) is 19.7. The summed E-state index contributed by atoms with van der Waals surface area (Å²) in [6, 6.07) is 10.6. The fraction of sp³-hybridized carbons (Fsp3) is 0.0714. The van der Waals surface area contributed by atoms with Gasteiger partial charge >= 0.3 is 5.69 Å². The second kappa shape index (κ2) is 6.33. The third kappa shape index (κ3) is 3.55. The fourth-order valence-electron chi connectivity index (χ4n) is 1.67. The topological polar surface area (TPSA) is 76.2 Å². The molecule has 0 fully saturated rings. The largest absolute Gasteiger partial charge is 0.482 e. The summed E-state index contributed by atoms with van der Waals surface area (Å²) in [5.74, 6) is -0.815. The Hall–Kier alpha value is -2.46. The summed E-state index contributed by atoms with van der Waals surface area (Å²) in [5.41, 5.74) is 0.777. The SMILES string of the molecule is N#Cc1cccc(COc2cc(F)c(Br)cc2[N+](=O)[O-])c1. The molecule has 0 radical (unpaired) electrons. The Kier molecular flexibility index (Phi) is 4.50. The molecule has 0 aromatic heterocycles. The highest BCUT2D eigenvalue weighted by Gasteiger charge is 2.19. The molecule has 0 unspecified atom stereocenters. The van der Waals surface area contributed by atoms with Crippen LogP contribution in [0.3, 0.4) is 0 Å². The van der Waals surface area contributed by atoms with E-state index >= 15 is 0 Å². The van der Waals surface area contributed by atoms with Crippen molar-refractivity contribution in [2.75, 3.05) is 0 Å². The van der Waals surface area contributed by atoms with E-state index in [0.29, 0.717) is 11.1 Å². The van der Waals surface area contributed by atoms with Crippen molar-refractivity contribution in [3.05, 3.63) is 67.9 Å². The molecule has 21 heavy (non-hydrogen) atoms. The molecule has 0 saturated heterocycles. The van der Waals surface area contributed by atoms with Gasteiger partial charge in [0.2, 0.25) is 0 Å². The smallest absolute Gasteiger partial charge is 0.312 e. The van der Waals surface area contributed by atoms with Crippen molar-refractivity contribution in [3.63, 3.8) is 0 Å². The van der Waals surface area contributed by atoms with Crippen LogP contribution >= 0.6 is 15.9 Å². The van der Waals surface area contributed by atoms with Crippen LogP contribution in [-0.2, 0) is 6.61 Å². The molecule has 2 aromatic carbocycles. The highest BCUT2D eigenvalue weighted by Crippen LogP contribution is 2.33. The van der Waals surface area contributed by atoms with E-state index in [0.717, 1.165) is 12.1 Å². The molecule has 0 spiro atoms. The number of nitro groups is 1. The summed E-state index contributed by atoms with van der Waals surface area (Å²) >= 11 is 2.89. The van der Waals surface area contributed by atoms with Crippen molar-refractivity contribution in [2.45, 2.75) is 6.61 Å². The minimum atomic E-state index is -0.652.